The van der Waals surface area contributed by atoms with Gasteiger partial charge in [-0.15, -0.1) is 0 Å². The van der Waals surface area contributed by atoms with E-state index >= 15 is 0 Å². The number of rotatable bonds is 3. The number of amides is 1. The smallest absolute Gasteiger partial charge is 0.275 e. The summed E-state index contributed by atoms with van der Waals surface area (Å²) in [6.07, 6.45) is 3.21. The van der Waals surface area contributed by atoms with E-state index in [2.05, 4.69) is 15.2 Å². The maximum absolute atomic E-state index is 13.1. The first-order valence-electron chi connectivity index (χ1n) is 10.3. The zero-order chi connectivity index (χ0) is 21.7. The summed E-state index contributed by atoms with van der Waals surface area (Å²) in [5, 5.41) is 8.58. The van der Waals surface area contributed by atoms with Gasteiger partial charge in [0.1, 0.15) is 6.54 Å². The second-order valence-corrected chi connectivity index (χ2v) is 7.97. The first kappa shape index (κ1) is 19.2. The van der Waals surface area contributed by atoms with Crippen LogP contribution in [0.5, 0.6) is 0 Å². The summed E-state index contributed by atoms with van der Waals surface area (Å²) in [6, 6.07) is 8.81. The van der Waals surface area contributed by atoms with Crippen LogP contribution in [0.15, 0.2) is 46.1 Å². The van der Waals surface area contributed by atoms with Gasteiger partial charge in [-0.05, 0) is 32.8 Å². The number of carbonyl (C=O) groups excluding carboxylic acids is 1. The third-order valence-electron chi connectivity index (χ3n) is 6.08. The van der Waals surface area contributed by atoms with Crippen molar-refractivity contribution in [3.63, 3.8) is 0 Å². The third kappa shape index (κ3) is 3.13. The number of nitrogens with zero attached hydrogens (tertiary/aromatic N) is 5. The first-order valence-corrected chi connectivity index (χ1v) is 10.3. The lowest BCUT2D eigenvalue weighted by Crippen LogP contribution is -2.37. The molecule has 1 saturated heterocycles. The number of hydrogen-bond donors (Lipinski definition) is 1. The van der Waals surface area contributed by atoms with E-state index in [9.17, 15) is 14.4 Å². The summed E-state index contributed by atoms with van der Waals surface area (Å²) in [5.74, 6) is -0.182. The van der Waals surface area contributed by atoms with Crippen LogP contribution in [0, 0.1) is 13.8 Å². The van der Waals surface area contributed by atoms with E-state index in [-0.39, 0.29) is 29.6 Å². The van der Waals surface area contributed by atoms with Crippen molar-refractivity contribution >= 4 is 22.3 Å². The summed E-state index contributed by atoms with van der Waals surface area (Å²) >= 11 is 0. The van der Waals surface area contributed by atoms with Crippen molar-refractivity contribution in [1.82, 2.24) is 29.3 Å². The van der Waals surface area contributed by atoms with Gasteiger partial charge >= 0.3 is 0 Å². The molecule has 1 unspecified atom stereocenters. The van der Waals surface area contributed by atoms with E-state index in [1.54, 1.807) is 30.2 Å². The van der Waals surface area contributed by atoms with E-state index in [1.165, 1.54) is 9.20 Å². The molecule has 31 heavy (non-hydrogen) atoms. The van der Waals surface area contributed by atoms with Crippen LogP contribution in [-0.4, -0.2) is 41.7 Å². The molecule has 1 aliphatic heterocycles. The van der Waals surface area contributed by atoms with Gasteiger partial charge in [-0.3, -0.25) is 19.5 Å². The third-order valence-corrected chi connectivity index (χ3v) is 6.08. The molecule has 5 rings (SSSR count). The fourth-order valence-corrected chi connectivity index (χ4v) is 4.26. The molecular weight excluding hydrogens is 396 g/mol. The van der Waals surface area contributed by atoms with Crippen LogP contribution in [0.3, 0.4) is 0 Å². The Morgan fingerprint density at radius 1 is 1.19 bits per heavy atom. The Morgan fingerprint density at radius 2 is 2.00 bits per heavy atom. The maximum Gasteiger partial charge on any atom is 0.275 e. The average Bonchev–Trinajstić information content (AvgIpc) is 3.41. The summed E-state index contributed by atoms with van der Waals surface area (Å²) in [4.78, 5) is 44.6. The number of hydrogen-bond acceptors (Lipinski definition) is 5. The molecule has 1 aromatic carbocycles. The zero-order valence-electron chi connectivity index (χ0n) is 17.3. The standard InChI is InChI=1S/C22H22N6O3/c1-13-14(2)24-19-10-17(25-28(19)21(13)30)18-8-5-9-26(18)20(29)12-27-22(31)16-7-4-3-6-15(16)11-23-27/h3-4,6-7,10-11,18,25H,5,8-9,12H2,1-2H3. The summed E-state index contributed by atoms with van der Waals surface area (Å²) in [5.41, 5.74) is 2.16. The van der Waals surface area contributed by atoms with Crippen molar-refractivity contribution in [3.8, 4) is 0 Å². The second kappa shape index (κ2) is 7.19. The molecule has 0 saturated carbocycles. The van der Waals surface area contributed by atoms with Gasteiger partial charge in [-0.2, -0.15) is 5.10 Å². The van der Waals surface area contributed by atoms with Crippen LogP contribution in [0.4, 0.5) is 0 Å². The molecule has 4 heterocycles. The molecular formula is C22H22N6O3. The normalized spacial score (nSPS) is 16.5. The zero-order valence-corrected chi connectivity index (χ0v) is 17.3. The van der Waals surface area contributed by atoms with Gasteiger partial charge in [0.25, 0.3) is 11.1 Å². The Balaban J connectivity index is 1.46. The molecule has 9 heteroatoms. The molecule has 0 radical (unpaired) electrons. The van der Waals surface area contributed by atoms with Gasteiger partial charge in [0.2, 0.25) is 5.91 Å². The molecule has 0 spiro atoms. The van der Waals surface area contributed by atoms with Gasteiger partial charge < -0.3 is 4.90 Å². The molecule has 9 nitrogen and oxygen atoms in total. The van der Waals surface area contributed by atoms with E-state index < -0.39 is 0 Å². The highest BCUT2D eigenvalue weighted by Gasteiger charge is 2.32. The van der Waals surface area contributed by atoms with Crippen LogP contribution >= 0.6 is 0 Å². The van der Waals surface area contributed by atoms with Crippen molar-refractivity contribution in [2.75, 3.05) is 6.54 Å². The number of H-pyrrole nitrogens is 1. The Morgan fingerprint density at radius 3 is 2.84 bits per heavy atom. The second-order valence-electron chi connectivity index (χ2n) is 7.97. The number of aryl methyl sites for hydroxylation is 1. The Kier molecular flexibility index (Phi) is 4.46. The van der Waals surface area contributed by atoms with Gasteiger partial charge in [0, 0.05) is 29.3 Å². The first-order chi connectivity index (χ1) is 14.9. The van der Waals surface area contributed by atoms with Crippen molar-refractivity contribution in [2.45, 2.75) is 39.3 Å². The lowest BCUT2D eigenvalue weighted by atomic mass is 10.1. The number of fused-ring (bicyclic) bond motifs is 2. The Bertz CT molecular complexity index is 1450. The molecule has 158 valence electrons. The SMILES string of the molecule is Cc1nc2cc(C3CCCN3C(=O)Cn3ncc4ccccc4c3=O)[nH]n2c(=O)c1C. The molecule has 1 atom stereocenters. The molecule has 0 aliphatic carbocycles. The number of carbonyl (C=O) groups is 1. The van der Waals surface area contributed by atoms with E-state index in [0.29, 0.717) is 28.8 Å². The molecule has 1 aliphatic rings. The predicted octanol–water partition coefficient (Wildman–Crippen LogP) is 1.71. The number of likely N-dealkylation sites (tertiary alicyclic amines) is 1. The highest BCUT2D eigenvalue weighted by atomic mass is 16.2. The fraction of sp³-hybridized carbons (Fsp3) is 0.318. The summed E-state index contributed by atoms with van der Waals surface area (Å²) in [7, 11) is 0. The number of benzene rings is 1. The van der Waals surface area contributed by atoms with Crippen LogP contribution in [0.1, 0.15) is 35.8 Å². The lowest BCUT2D eigenvalue weighted by molar-refractivity contribution is -0.133. The van der Waals surface area contributed by atoms with Crippen molar-refractivity contribution in [1.29, 1.82) is 0 Å². The van der Waals surface area contributed by atoms with Crippen molar-refractivity contribution < 1.29 is 4.79 Å². The predicted molar refractivity (Wildman–Crippen MR) is 115 cm³/mol. The maximum atomic E-state index is 13.1. The van der Waals surface area contributed by atoms with Crippen molar-refractivity contribution in [2.24, 2.45) is 0 Å². The molecule has 0 bridgehead atoms. The monoisotopic (exact) mass is 418 g/mol. The fourth-order valence-electron chi connectivity index (χ4n) is 4.26. The van der Waals surface area contributed by atoms with Crippen molar-refractivity contribution in [3.05, 3.63) is 74.2 Å². The molecule has 1 amide bonds. The highest BCUT2D eigenvalue weighted by molar-refractivity contribution is 5.81. The van der Waals surface area contributed by atoms with E-state index in [0.717, 1.165) is 23.9 Å². The minimum atomic E-state index is -0.283. The molecule has 4 aromatic rings. The number of nitrogens with one attached hydrogen (secondary N) is 1. The molecule has 1 N–H and O–H groups in total. The summed E-state index contributed by atoms with van der Waals surface area (Å²) in [6.45, 7) is 4.01. The van der Waals surface area contributed by atoms with Gasteiger partial charge in [0.15, 0.2) is 5.65 Å². The Hall–Kier alpha value is -3.75. The van der Waals surface area contributed by atoms with Crippen LogP contribution in [0.2, 0.25) is 0 Å². The average molecular weight is 418 g/mol. The minimum absolute atomic E-state index is 0.128. The van der Waals surface area contributed by atoms with Gasteiger partial charge in [-0.1, -0.05) is 18.2 Å². The molecule has 1 fully saturated rings. The topological polar surface area (TPSA) is 105 Å². The van der Waals surface area contributed by atoms with E-state index in [4.69, 9.17) is 0 Å². The van der Waals surface area contributed by atoms with Gasteiger partial charge in [-0.25, -0.2) is 14.2 Å². The minimum Gasteiger partial charge on any atom is -0.332 e. The molecule has 3 aromatic heterocycles. The van der Waals surface area contributed by atoms with E-state index in [1.807, 2.05) is 25.1 Å². The summed E-state index contributed by atoms with van der Waals surface area (Å²) < 4.78 is 2.64. The highest BCUT2D eigenvalue weighted by Crippen LogP contribution is 2.31. The van der Waals surface area contributed by atoms with Gasteiger partial charge in [0.05, 0.1) is 23.3 Å². The number of aromatic nitrogens is 5. The number of aromatic amines is 1. The van der Waals surface area contributed by atoms with Crippen LogP contribution < -0.4 is 11.1 Å². The lowest BCUT2D eigenvalue weighted by Gasteiger charge is -2.24. The quantitative estimate of drug-likeness (QED) is 0.545. The Labute approximate surface area is 176 Å². The van der Waals surface area contributed by atoms with Crippen LogP contribution in [0.25, 0.3) is 16.4 Å². The largest absolute Gasteiger partial charge is 0.332 e. The van der Waals surface area contributed by atoms with Crippen LogP contribution in [-0.2, 0) is 11.3 Å².